The van der Waals surface area contributed by atoms with Crippen LogP contribution >= 0.6 is 0 Å². The molecule has 12 heterocycles. The van der Waals surface area contributed by atoms with Gasteiger partial charge in [-0.1, -0.05) is 0 Å². The lowest BCUT2D eigenvalue weighted by molar-refractivity contribution is -0.279. The second-order valence-electron chi connectivity index (χ2n) is 35.1. The lowest BCUT2D eigenvalue weighted by Gasteiger charge is -2.40. The molecule has 9 aliphatic heterocycles. The number of ether oxygens (including phenoxy) is 14. The number of aliphatic hydroxyl groups is 28. The van der Waals surface area contributed by atoms with E-state index >= 15 is 0 Å². The van der Waals surface area contributed by atoms with E-state index in [1.54, 1.807) is 12.1 Å². The number of nitrogens with one attached hydrogen (secondary N) is 4. The van der Waals surface area contributed by atoms with Crippen molar-refractivity contribution in [3.8, 4) is 46.3 Å². The van der Waals surface area contributed by atoms with Crippen LogP contribution in [-0.2, 0) is 97.6 Å². The maximum atomic E-state index is 11.8. The largest absolute Gasteiger partial charge is 0.508 e. The third-order valence-electron chi connectivity index (χ3n) is 25.8. The number of aliphatic hydroxyl groups excluding tert-OH is 28. The molecule has 0 saturated carbocycles. The van der Waals surface area contributed by atoms with Crippen molar-refractivity contribution in [2.45, 2.75) is 318 Å². The summed E-state index contributed by atoms with van der Waals surface area (Å²) in [5, 5.41) is 292. The third kappa shape index (κ3) is 24.5. The van der Waals surface area contributed by atoms with Crippen molar-refractivity contribution in [1.29, 1.82) is 0 Å². The van der Waals surface area contributed by atoms with Crippen molar-refractivity contribution in [2.75, 3.05) is 59.3 Å². The number of pyridine rings is 3. The van der Waals surface area contributed by atoms with Crippen molar-refractivity contribution >= 4 is 0 Å². The lowest BCUT2D eigenvalue weighted by atomic mass is 9.93. The fourth-order valence-electron chi connectivity index (χ4n) is 17.8. The molecule has 0 spiro atoms. The summed E-state index contributed by atoms with van der Waals surface area (Å²) in [7, 11) is 0. The smallest absolute Gasteiger partial charge is 0.251 e. The van der Waals surface area contributed by atoms with Crippen molar-refractivity contribution in [3.63, 3.8) is 0 Å². The zero-order valence-corrected chi connectivity index (χ0v) is 73.9. The average Bonchev–Trinajstić information content (AvgIpc) is 0.789. The number of hydrogen-bond donors (Lipinski definition) is 33. The van der Waals surface area contributed by atoms with Crippen molar-refractivity contribution < 1.29 is 214 Å². The summed E-state index contributed by atoms with van der Waals surface area (Å²) in [4.78, 5) is 33.3. The van der Waals surface area contributed by atoms with Gasteiger partial charge < -0.3 is 230 Å². The van der Waals surface area contributed by atoms with Gasteiger partial charge in [-0.15, -0.1) is 0 Å². The van der Waals surface area contributed by atoms with Crippen LogP contribution in [0.1, 0.15) is 94.4 Å². The quantitative estimate of drug-likeness (QED) is 0.0324. The zero-order valence-electron chi connectivity index (χ0n) is 73.9. The van der Waals surface area contributed by atoms with Gasteiger partial charge in [0.1, 0.15) is 205 Å². The van der Waals surface area contributed by atoms with E-state index in [4.69, 9.17) is 66.3 Å². The monoisotopic (exact) mass is 1960 g/mol. The average molecular weight is 1960 g/mol. The Morgan fingerprint density at radius 2 is 0.599 bits per heavy atom. The van der Waals surface area contributed by atoms with Crippen LogP contribution in [0, 0.1) is 0 Å². The first-order valence-electron chi connectivity index (χ1n) is 45.3. The summed E-state index contributed by atoms with van der Waals surface area (Å²) in [5.74, 6) is 1.42. The van der Waals surface area contributed by atoms with E-state index in [-0.39, 0.29) is 45.9 Å². The zero-order chi connectivity index (χ0) is 98.8. The summed E-state index contributed by atoms with van der Waals surface area (Å²) in [6, 6.07) is 10.4. The number of phenolic OH excluding ortho intramolecular Hbond substituents is 1. The molecule has 50 nitrogen and oxygen atoms in total. The Morgan fingerprint density at radius 3 is 1.01 bits per heavy atom. The number of phenols is 1. The van der Waals surface area contributed by atoms with Crippen LogP contribution < -0.4 is 54.9 Å². The molecule has 35 atom stereocenters. The highest BCUT2D eigenvalue weighted by Gasteiger charge is 2.53. The van der Waals surface area contributed by atoms with E-state index in [0.29, 0.717) is 56.1 Å². The SMILES string of the molecule is O=c1cc(O[C@@H]2OC(CO)[C@@H](O)[C@H](O)C2O)c2c([nH]1)CCCC2.O=c1cc2c(c(O[C@@H]3OC(CO)[C@@H](O)[C@H](O)C3O)[nH]1)CCCC2.OCC1O[C@@H](Oc2cc(O)cc3c2CNCC3)C(O)[C@@H](O)[C@@H]1O.OCC1O[C@@H](Oc2cc(O[C@@H]3OC(CO)[C@@H](O)[C@H](O)C3O)c3c(n2)CCCC3)C(O)[C@@H](O)[C@@H]1O.OCC1O[C@@H](Oc2cc3c(c(O[C@@H]4OC(CO)[C@@H](O)[C@H](O)C4O)c2)CNCC3)C(O)[C@@H](O)[C@@H]1O. The number of benzene rings is 2. The van der Waals surface area contributed by atoms with Gasteiger partial charge in [0.15, 0.2) is 5.88 Å². The number of rotatable bonds is 21. The van der Waals surface area contributed by atoms with E-state index < -0.39 is 261 Å². The molecular formula is C87H125N5O45. The van der Waals surface area contributed by atoms with Gasteiger partial charge in [-0.3, -0.25) is 14.6 Å². The first-order chi connectivity index (χ1) is 65.5. The molecule has 50 heteroatoms. The lowest BCUT2D eigenvalue weighted by Crippen LogP contribution is -2.60. The van der Waals surface area contributed by atoms with Gasteiger partial charge in [-0.25, -0.2) is 4.98 Å². The van der Waals surface area contributed by atoms with Gasteiger partial charge in [0.25, 0.3) is 11.1 Å². The number of aromatic hydroxyl groups is 1. The minimum Gasteiger partial charge on any atom is -0.508 e. The van der Waals surface area contributed by atoms with Gasteiger partial charge in [-0.2, -0.15) is 0 Å². The maximum Gasteiger partial charge on any atom is 0.251 e. The molecule has 2 aromatic carbocycles. The molecule has 17 rings (SSSR count). The van der Waals surface area contributed by atoms with Gasteiger partial charge in [0.2, 0.25) is 49.9 Å². The highest BCUT2D eigenvalue weighted by atomic mass is 16.8. The minimum absolute atomic E-state index is 0.0326. The van der Waals surface area contributed by atoms with E-state index in [2.05, 4.69) is 25.6 Å². The van der Waals surface area contributed by atoms with E-state index in [0.717, 1.165) is 127 Å². The molecule has 7 fully saturated rings. The number of aryl methyl sites for hydroxylation is 3. The van der Waals surface area contributed by atoms with Crippen LogP contribution in [0.25, 0.3) is 0 Å². The number of H-pyrrole nitrogens is 2. The summed E-state index contributed by atoms with van der Waals surface area (Å²) in [6.07, 6.45) is -38.5. The second kappa shape index (κ2) is 48.0. The number of aromatic amines is 2. The molecule has 12 aliphatic rings. The Kier molecular flexibility index (Phi) is 37.4. The molecule has 7 saturated heterocycles. The summed E-state index contributed by atoms with van der Waals surface area (Å²) in [6.45, 7) is -1.61. The van der Waals surface area contributed by atoms with Gasteiger partial charge in [0.05, 0.1) is 51.9 Å². The Morgan fingerprint density at radius 1 is 0.285 bits per heavy atom. The Hall–Kier alpha value is -7.59. The highest BCUT2D eigenvalue weighted by molar-refractivity contribution is 5.50. The molecule has 14 unspecified atom stereocenters. The minimum atomic E-state index is -1.63. The molecule has 137 heavy (non-hydrogen) atoms. The van der Waals surface area contributed by atoms with Gasteiger partial charge in [0, 0.05) is 76.9 Å². The van der Waals surface area contributed by atoms with E-state index in [1.165, 1.54) is 30.3 Å². The molecule has 0 radical (unpaired) electrons. The highest BCUT2D eigenvalue weighted by Crippen LogP contribution is 2.42. The molecule has 768 valence electrons. The molecule has 3 aromatic heterocycles. The predicted molar refractivity (Wildman–Crippen MR) is 454 cm³/mol. The topological polar surface area (TPSA) is 819 Å². The first kappa shape index (κ1) is 107. The molecule has 33 N–H and O–H groups in total. The van der Waals surface area contributed by atoms with Crippen molar-refractivity contribution in [1.82, 2.24) is 25.6 Å². The number of fused-ring (bicyclic) bond motifs is 5. The van der Waals surface area contributed by atoms with Crippen LogP contribution in [0.3, 0.4) is 0 Å². The normalized spacial score (nSPS) is 37.2. The predicted octanol–water partition coefficient (Wildman–Crippen LogP) is -12.9. The summed E-state index contributed by atoms with van der Waals surface area (Å²) < 4.78 is 77.5. The fourth-order valence-corrected chi connectivity index (χ4v) is 17.8. The fraction of sp³-hybridized carbons (Fsp3) is 0.690. The molecule has 0 bridgehead atoms. The number of aromatic nitrogens is 3. The Bertz CT molecular complexity index is 4580. The molecule has 0 amide bonds. The third-order valence-corrected chi connectivity index (χ3v) is 25.8. The number of hydrogen-bond acceptors (Lipinski definition) is 48. The summed E-state index contributed by atoms with van der Waals surface area (Å²) in [5.41, 5.74) is 7.47. The van der Waals surface area contributed by atoms with E-state index in [9.17, 15) is 158 Å². The van der Waals surface area contributed by atoms with Crippen molar-refractivity contribution in [2.24, 2.45) is 0 Å². The van der Waals surface area contributed by atoms with E-state index in [1.807, 2.05) is 0 Å². The van der Waals surface area contributed by atoms with Crippen LogP contribution in [0.2, 0.25) is 0 Å². The standard InChI is InChI=1S/2C21H31NO12.3C15H21NO7/c23-6-12-14(25)16(27)18(29)20(33-12)31-9-3-8-1-2-22-5-10(8)11(4-9)32-21-19(30)17(28)15(26)13(7-24)34-21;23-6-11-14(25)16(27)18(29)20(32-11)31-10-5-13(22-9-4-2-1-3-8(9)10)34-21-19(30)17(28)15(26)12(7-24)33-21;17-6-11-12(19)13(20)14(21)15(23-11)22-10-4-8(18)3-7-1-2-16-5-9(7)10;17-6-10-12(19)13(20)14(21)15(23-10)22-9-5-11(18)16-8-4-2-1-3-7(8)9;17-6-9-11(19)12(20)13(21)15(22-9)23-14-8-4-2-1-3-7(8)5-10(18)16-14/h3-4,12-30H,1-2,5-7H2;5,11-12,14-21,23-30H,1-4,6-7H2;3-4,11-21H,1-2,5-6H2;5,10,12-15,17,19-21H,1-4,6H2,(H,16,18);5,9,11-13,15,17,19-21H,1-4,6H2,(H,16,18)/t12?,13?,14-,15-,16+,17+,18?,19?,20-,21-;11?,12?,14-,15-,16+,17+,18?,19?,20-,21+;11?,12-,13+,14?,15-;10?,12-,13+,14?,15-;9?,11-,12+,13?,15+/m11111/s1. The van der Waals surface area contributed by atoms with Crippen LogP contribution in [0.15, 0.2) is 52.1 Å². The Labute approximate surface area is 779 Å². The van der Waals surface area contributed by atoms with Gasteiger partial charge in [-0.05, 0) is 132 Å². The first-order valence-corrected chi connectivity index (χ1v) is 45.3. The van der Waals surface area contributed by atoms with Crippen molar-refractivity contribution in [3.05, 3.63) is 119 Å². The van der Waals surface area contributed by atoms with Gasteiger partial charge >= 0.3 is 0 Å². The van der Waals surface area contributed by atoms with Crippen LogP contribution in [-0.4, -0.2) is 437 Å². The van der Waals surface area contributed by atoms with Crippen LogP contribution in [0.5, 0.6) is 46.3 Å². The second-order valence-corrected chi connectivity index (χ2v) is 35.1. The van der Waals surface area contributed by atoms with Crippen LogP contribution in [0.4, 0.5) is 0 Å². The molecular weight excluding hydrogens is 1830 g/mol. The summed E-state index contributed by atoms with van der Waals surface area (Å²) >= 11 is 0. The Balaban J connectivity index is 0.000000146. The maximum absolute atomic E-state index is 11.8. The molecule has 3 aliphatic carbocycles. The molecule has 5 aromatic rings. The number of nitrogens with zero attached hydrogens (tertiary/aromatic N) is 1.